The highest BCUT2D eigenvalue weighted by molar-refractivity contribution is 9.12. The van der Waals surface area contributed by atoms with Crippen LogP contribution in [0, 0.1) is 0 Å². The number of phenolic OH excluding ortho intramolecular Hbond substituents is 1. The topological polar surface area (TPSA) is 74.0 Å². The number of allylic oxidation sites excluding steroid dienone is 4. The Morgan fingerprint density at radius 1 is 1.44 bits per heavy atom. The molecule has 1 aliphatic carbocycles. The second kappa shape index (κ2) is 4.45. The third kappa shape index (κ3) is 1.59. The minimum Gasteiger partial charge on any atom is -0.504 e. The number of ketones is 1. The smallest absolute Gasteiger partial charge is 0.193 e. The van der Waals surface area contributed by atoms with Gasteiger partial charge in [-0.2, -0.15) is 0 Å². The van der Waals surface area contributed by atoms with E-state index in [0.29, 0.717) is 10.2 Å². The summed E-state index contributed by atoms with van der Waals surface area (Å²) in [4.78, 5) is 22.5. The van der Waals surface area contributed by atoms with Crippen LogP contribution in [0.25, 0.3) is 5.57 Å². The summed E-state index contributed by atoms with van der Waals surface area (Å²) in [5.74, 6) is 0.193. The zero-order valence-electron chi connectivity index (χ0n) is 13.0. The average molecular weight is 414 g/mol. The van der Waals surface area contributed by atoms with Crippen molar-refractivity contribution in [2.45, 2.75) is 23.6 Å². The van der Waals surface area contributed by atoms with Gasteiger partial charge in [0.25, 0.3) is 0 Å². The van der Waals surface area contributed by atoms with Crippen molar-refractivity contribution in [1.82, 2.24) is 0 Å². The maximum Gasteiger partial charge on any atom is 0.193 e. The Balaban J connectivity index is 1.81. The van der Waals surface area contributed by atoms with Gasteiger partial charge in [0.2, 0.25) is 0 Å². The van der Waals surface area contributed by atoms with E-state index in [-0.39, 0.29) is 16.9 Å². The molecule has 0 radical (unpaired) electrons. The maximum atomic E-state index is 12.2. The predicted octanol–water partition coefficient (Wildman–Crippen LogP) is 2.15. The van der Waals surface area contributed by atoms with Crippen LogP contribution >= 0.6 is 27.7 Å². The number of benzene rings is 1. The molecule has 0 aromatic heterocycles. The average Bonchev–Trinajstić information content (AvgIpc) is 3.13. The molecule has 5 nitrogen and oxygen atoms in total. The molecule has 6 rings (SSSR count). The minimum atomic E-state index is -0.404. The van der Waals surface area contributed by atoms with E-state index in [0.717, 1.165) is 51.7 Å². The number of nitrogens with zero attached hydrogens (tertiary/aromatic N) is 2. The summed E-state index contributed by atoms with van der Waals surface area (Å²) in [7, 11) is 0. The monoisotopic (exact) mass is 413 g/mol. The van der Waals surface area contributed by atoms with Gasteiger partial charge in [0.05, 0.1) is 26.3 Å². The molecule has 2 atom stereocenters. The number of carbonyl (C=O) groups excluding carboxylic acids is 1. The lowest BCUT2D eigenvalue weighted by Gasteiger charge is -2.36. The number of hydrogen-bond donors (Lipinski definition) is 2. The van der Waals surface area contributed by atoms with Gasteiger partial charge in [0.15, 0.2) is 11.5 Å². The fourth-order valence-corrected chi connectivity index (χ4v) is 6.52. The molecule has 0 unspecified atom stereocenters. The van der Waals surface area contributed by atoms with Crippen LogP contribution in [0.5, 0.6) is 5.75 Å². The fraction of sp³-hybridized carbons (Fsp3) is 0.278. The van der Waals surface area contributed by atoms with Crippen LogP contribution in [-0.2, 0) is 10.2 Å². The van der Waals surface area contributed by atoms with Crippen molar-refractivity contribution in [3.05, 3.63) is 37.7 Å². The van der Waals surface area contributed by atoms with Gasteiger partial charge in [-0.05, 0) is 40.4 Å². The molecule has 25 heavy (non-hydrogen) atoms. The van der Waals surface area contributed by atoms with E-state index < -0.39 is 5.41 Å². The molecule has 2 bridgehead atoms. The summed E-state index contributed by atoms with van der Waals surface area (Å²) in [6, 6.07) is 0. The van der Waals surface area contributed by atoms with Gasteiger partial charge in [-0.15, -0.1) is 11.8 Å². The number of nitrogens with one attached hydrogen (secondary N) is 1. The van der Waals surface area contributed by atoms with Crippen LogP contribution in [-0.4, -0.2) is 29.0 Å². The first-order valence-electron chi connectivity index (χ1n) is 8.18. The quantitative estimate of drug-likeness (QED) is 0.639. The first kappa shape index (κ1) is 14.3. The number of carbonyl (C=O) groups is 1. The molecular weight excluding hydrogens is 402 g/mol. The lowest BCUT2D eigenvalue weighted by Crippen LogP contribution is -2.44. The second-order valence-corrected chi connectivity index (χ2v) is 8.98. The van der Waals surface area contributed by atoms with Crippen molar-refractivity contribution in [2.24, 2.45) is 9.98 Å². The van der Waals surface area contributed by atoms with Gasteiger partial charge < -0.3 is 10.4 Å². The summed E-state index contributed by atoms with van der Waals surface area (Å²) in [5, 5.41) is 16.4. The highest BCUT2D eigenvalue weighted by Gasteiger charge is 2.53. The third-order valence-electron chi connectivity index (χ3n) is 5.58. The molecular formula is C18H12BrN3O2S. The summed E-state index contributed by atoms with van der Waals surface area (Å²) < 4.78 is 0.578. The zero-order valence-corrected chi connectivity index (χ0v) is 15.4. The number of thioether (sulfide) groups is 1. The van der Waals surface area contributed by atoms with Crippen molar-refractivity contribution >= 4 is 56.6 Å². The Labute approximate surface area is 155 Å². The lowest BCUT2D eigenvalue weighted by molar-refractivity contribution is -0.110. The summed E-state index contributed by atoms with van der Waals surface area (Å²) in [5.41, 5.74) is 3.07. The van der Waals surface area contributed by atoms with Crippen LogP contribution in [0.4, 0.5) is 11.4 Å². The molecule has 124 valence electrons. The number of aliphatic imine (C=N–C) groups is 1. The van der Waals surface area contributed by atoms with E-state index in [9.17, 15) is 9.90 Å². The Kier molecular flexibility index (Phi) is 2.55. The zero-order chi connectivity index (χ0) is 16.9. The first-order chi connectivity index (χ1) is 12.1. The number of phenols is 1. The largest absolute Gasteiger partial charge is 0.504 e. The second-order valence-electron chi connectivity index (χ2n) is 6.88. The van der Waals surface area contributed by atoms with Crippen LogP contribution in [0.15, 0.2) is 31.5 Å². The van der Waals surface area contributed by atoms with Crippen molar-refractivity contribution in [3.63, 3.8) is 0 Å². The Morgan fingerprint density at radius 2 is 2.32 bits per heavy atom. The van der Waals surface area contributed by atoms with Gasteiger partial charge in [0.1, 0.15) is 5.69 Å². The van der Waals surface area contributed by atoms with Gasteiger partial charge >= 0.3 is 0 Å². The molecule has 0 amide bonds. The normalized spacial score (nSPS) is 30.0. The Bertz CT molecular complexity index is 1130. The van der Waals surface area contributed by atoms with Crippen LogP contribution < -0.4 is 15.9 Å². The van der Waals surface area contributed by atoms with E-state index in [1.165, 1.54) is 0 Å². The van der Waals surface area contributed by atoms with Crippen molar-refractivity contribution in [1.29, 1.82) is 0 Å². The predicted molar refractivity (Wildman–Crippen MR) is 101 cm³/mol. The van der Waals surface area contributed by atoms with E-state index in [1.807, 2.05) is 12.3 Å². The van der Waals surface area contributed by atoms with Crippen molar-refractivity contribution < 1.29 is 9.90 Å². The maximum absolute atomic E-state index is 12.2. The molecule has 7 heteroatoms. The molecule has 1 spiro atoms. The number of anilines is 1. The van der Waals surface area contributed by atoms with E-state index in [4.69, 9.17) is 4.99 Å². The van der Waals surface area contributed by atoms with Gasteiger partial charge in [-0.25, -0.2) is 0 Å². The van der Waals surface area contributed by atoms with Crippen LogP contribution in [0.3, 0.4) is 0 Å². The standard InChI is InChI=1S/C18H12BrN3O2S/c19-8-4-18-5-11(25-10(18)3-9(8)23)22-16-13(18)14-12-7(1-2-20-14)6-21-15(12)17(16)24/h3-4,6,11,22,24H,1-2,5H2/t11-,18-/m0/s1. The highest BCUT2D eigenvalue weighted by Crippen LogP contribution is 2.61. The Morgan fingerprint density at radius 3 is 3.20 bits per heavy atom. The number of rotatable bonds is 0. The van der Waals surface area contributed by atoms with E-state index in [1.54, 1.807) is 17.8 Å². The lowest BCUT2D eigenvalue weighted by atomic mass is 9.71. The summed E-state index contributed by atoms with van der Waals surface area (Å²) >= 11 is 5.10. The summed E-state index contributed by atoms with van der Waals surface area (Å²) in [6.45, 7) is 0.723. The number of halogens is 1. The van der Waals surface area contributed by atoms with E-state index >= 15 is 0 Å². The first-order valence-corrected chi connectivity index (χ1v) is 9.85. The fourth-order valence-electron chi connectivity index (χ4n) is 4.56. The van der Waals surface area contributed by atoms with Crippen molar-refractivity contribution in [2.75, 3.05) is 11.9 Å². The third-order valence-corrected chi connectivity index (χ3v) is 7.51. The molecule has 1 saturated heterocycles. The molecule has 1 aromatic carbocycles. The highest BCUT2D eigenvalue weighted by atomic mass is 79.9. The molecule has 4 aliphatic heterocycles. The van der Waals surface area contributed by atoms with E-state index in [2.05, 4.69) is 26.2 Å². The van der Waals surface area contributed by atoms with Gasteiger partial charge in [0, 0.05) is 28.4 Å². The molecule has 0 saturated carbocycles. The number of hydrogen-bond acceptors (Lipinski definition) is 6. The van der Waals surface area contributed by atoms with Crippen LogP contribution in [0.1, 0.15) is 18.4 Å². The summed E-state index contributed by atoms with van der Waals surface area (Å²) in [6.07, 6.45) is 7.29. The minimum absolute atomic E-state index is 0.00576. The molecule has 4 heterocycles. The Hall–Kier alpha value is -1.86. The van der Waals surface area contributed by atoms with Crippen LogP contribution in [0.2, 0.25) is 0 Å². The molecule has 5 aliphatic rings. The SMILES string of the molecule is O=C1C=C2S[C@H]3C[C@]2(C=C1Br)c1c(c(O)c2c4c1=NCCC=4C=N2)N3. The van der Waals surface area contributed by atoms with Crippen molar-refractivity contribution in [3.8, 4) is 5.75 Å². The number of fused-ring (bicyclic) bond motifs is 3. The molecule has 1 fully saturated rings. The molecule has 2 N–H and O–H groups in total. The van der Waals surface area contributed by atoms with Gasteiger partial charge in [-0.3, -0.25) is 14.8 Å². The van der Waals surface area contributed by atoms with Gasteiger partial charge in [-0.1, -0.05) is 6.08 Å². The molecule has 1 aromatic rings. The number of aromatic hydroxyl groups is 1.